The Morgan fingerprint density at radius 1 is 1.05 bits per heavy atom. The number of ketones is 2. The molecule has 0 aromatic carbocycles. The minimum Gasteiger partial charge on any atom is -0.487 e. The van der Waals surface area contributed by atoms with Crippen LogP contribution in [0.2, 0.25) is 0 Å². The molecule has 0 aromatic rings. The van der Waals surface area contributed by atoms with Gasteiger partial charge < -0.3 is 24.1 Å². The number of ether oxygens (including phenoxy) is 3. The number of carbonyl (C=O) groups excluding carboxylic acids is 3. The highest BCUT2D eigenvalue weighted by atomic mass is 16.6. The summed E-state index contributed by atoms with van der Waals surface area (Å²) in [6, 6.07) is 0. The van der Waals surface area contributed by atoms with Crippen molar-refractivity contribution in [1.82, 2.24) is 0 Å². The first-order valence-electron chi connectivity index (χ1n) is 15.4. The van der Waals surface area contributed by atoms with Crippen molar-refractivity contribution in [3.05, 3.63) is 22.7 Å². The number of allylic oxidation sites excluding steroid dienone is 1. The van der Waals surface area contributed by atoms with Gasteiger partial charge in [0.15, 0.2) is 22.8 Å². The van der Waals surface area contributed by atoms with Gasteiger partial charge in [-0.05, 0) is 85.0 Å². The Hall–Kier alpha value is -1.99. The molecule has 8 atom stereocenters. The van der Waals surface area contributed by atoms with E-state index < -0.39 is 40.3 Å². The summed E-state index contributed by atoms with van der Waals surface area (Å²) in [4.78, 5) is 40.5. The average molecular weight is 555 g/mol. The highest BCUT2D eigenvalue weighted by Gasteiger charge is 2.84. The molecule has 0 aromatic heterocycles. The molecule has 3 saturated carbocycles. The maximum absolute atomic E-state index is 14.7. The predicted molar refractivity (Wildman–Crippen MR) is 148 cm³/mol. The van der Waals surface area contributed by atoms with Crippen LogP contribution in [0.25, 0.3) is 0 Å². The minimum absolute atomic E-state index is 0.0190. The molecule has 1 spiro atoms. The van der Waals surface area contributed by atoms with Crippen molar-refractivity contribution in [3.63, 3.8) is 0 Å². The molecule has 0 amide bonds. The van der Waals surface area contributed by atoms with E-state index in [1.54, 1.807) is 0 Å². The van der Waals surface area contributed by atoms with Crippen molar-refractivity contribution >= 4 is 17.9 Å². The van der Waals surface area contributed by atoms with E-state index in [0.29, 0.717) is 56.0 Å². The summed E-state index contributed by atoms with van der Waals surface area (Å²) in [5, 5.41) is 11.8. The van der Waals surface area contributed by atoms with Gasteiger partial charge in [-0.3, -0.25) is 9.59 Å². The van der Waals surface area contributed by atoms with E-state index in [1.165, 1.54) is 0 Å². The molecule has 8 unspecified atom stereocenters. The van der Waals surface area contributed by atoms with Gasteiger partial charge in [-0.2, -0.15) is 0 Å². The van der Waals surface area contributed by atoms with Gasteiger partial charge in [0, 0.05) is 28.9 Å². The third-order valence-electron chi connectivity index (χ3n) is 11.0. The quantitative estimate of drug-likeness (QED) is 0.430. The van der Waals surface area contributed by atoms with Crippen molar-refractivity contribution in [1.29, 1.82) is 0 Å². The van der Waals surface area contributed by atoms with Crippen molar-refractivity contribution in [2.45, 2.75) is 128 Å². The third-order valence-corrected chi connectivity index (χ3v) is 11.0. The van der Waals surface area contributed by atoms with E-state index in [-0.39, 0.29) is 29.3 Å². The highest BCUT2D eigenvalue weighted by Crippen LogP contribution is 2.71. The minimum atomic E-state index is -1.30. The van der Waals surface area contributed by atoms with Crippen molar-refractivity contribution in [3.8, 4) is 0 Å². The molecule has 3 aliphatic heterocycles. The lowest BCUT2D eigenvalue weighted by molar-refractivity contribution is -0.236. The molecule has 5 fully saturated rings. The Labute approximate surface area is 238 Å². The number of Topliss-reactive ketones (excluding diaryl/α,β-unsaturated/α-hetero) is 2. The second-order valence-electron chi connectivity index (χ2n) is 15.0. The first kappa shape index (κ1) is 28.1. The third kappa shape index (κ3) is 3.65. The van der Waals surface area contributed by atoms with Crippen molar-refractivity contribution in [2.24, 2.45) is 35.5 Å². The Balaban J connectivity index is 1.55. The molecule has 2 saturated heterocycles. The van der Waals surface area contributed by atoms with Crippen LogP contribution in [0.1, 0.15) is 99.8 Å². The molecular weight excluding hydrogens is 508 g/mol. The van der Waals surface area contributed by atoms with Crippen LogP contribution in [0.15, 0.2) is 22.7 Å². The molecular formula is C33H46O7. The summed E-state index contributed by atoms with van der Waals surface area (Å²) >= 11 is 0. The molecule has 0 radical (unpaired) electrons. The topological polar surface area (TPSA) is 99.1 Å². The molecule has 3 heterocycles. The second kappa shape index (κ2) is 9.00. The van der Waals surface area contributed by atoms with Gasteiger partial charge in [0.1, 0.15) is 29.3 Å². The number of hydrogen-bond donors (Lipinski definition) is 1. The predicted octanol–water partition coefficient (Wildman–Crippen LogP) is 5.24. The van der Waals surface area contributed by atoms with Gasteiger partial charge in [-0.25, -0.2) is 0 Å². The van der Waals surface area contributed by atoms with E-state index in [1.807, 2.05) is 20.8 Å². The van der Waals surface area contributed by atoms with Crippen LogP contribution in [0, 0.1) is 35.5 Å². The smallest absolute Gasteiger partial charge is 0.171 e. The van der Waals surface area contributed by atoms with Gasteiger partial charge in [0.05, 0.1) is 17.6 Å². The average Bonchev–Trinajstić information content (AvgIpc) is 3.03. The normalized spacial score (nSPS) is 41.3. The lowest BCUT2D eigenvalue weighted by Gasteiger charge is -2.62. The number of carbonyl (C=O) groups is 3. The number of hydrogen-bond acceptors (Lipinski definition) is 7. The van der Waals surface area contributed by atoms with Crippen LogP contribution < -0.4 is 0 Å². The van der Waals surface area contributed by atoms with Crippen LogP contribution >= 0.6 is 0 Å². The maximum atomic E-state index is 14.7. The lowest BCUT2D eigenvalue weighted by Crippen LogP contribution is -2.76. The maximum Gasteiger partial charge on any atom is 0.171 e. The summed E-state index contributed by atoms with van der Waals surface area (Å²) in [6.45, 7) is 14.3. The number of rotatable bonds is 7. The van der Waals surface area contributed by atoms with Gasteiger partial charge in [-0.1, -0.05) is 20.8 Å². The first-order valence-corrected chi connectivity index (χ1v) is 15.4. The van der Waals surface area contributed by atoms with Crippen LogP contribution in [0.3, 0.4) is 0 Å². The van der Waals surface area contributed by atoms with E-state index in [2.05, 4.69) is 27.7 Å². The molecule has 1 N–H and O–H groups in total. The molecule has 7 heteroatoms. The number of aliphatic hydroxyl groups excluding tert-OH is 1. The molecule has 4 bridgehead atoms. The largest absolute Gasteiger partial charge is 0.487 e. The SMILES string of the molecule is CC(C)CCC1=C2OC34C(CC5CC3C(C)(C)OC4(CCC(C)C=O)C5=O)C(=O)C2C(O)C2=C1OC(C)(C)CC2. The van der Waals surface area contributed by atoms with Crippen molar-refractivity contribution < 1.29 is 33.7 Å². The van der Waals surface area contributed by atoms with Gasteiger partial charge in [-0.15, -0.1) is 0 Å². The summed E-state index contributed by atoms with van der Waals surface area (Å²) < 4.78 is 20.7. The monoisotopic (exact) mass is 554 g/mol. The number of fused-ring (bicyclic) bond motifs is 1. The first-order chi connectivity index (χ1) is 18.7. The molecule has 7 rings (SSSR count). The summed E-state index contributed by atoms with van der Waals surface area (Å²) in [7, 11) is 0. The Kier molecular flexibility index (Phi) is 6.33. The van der Waals surface area contributed by atoms with E-state index >= 15 is 0 Å². The summed E-state index contributed by atoms with van der Waals surface area (Å²) in [5.74, 6) is -0.406. The van der Waals surface area contributed by atoms with Crippen LogP contribution in [-0.4, -0.2) is 51.5 Å². The van der Waals surface area contributed by atoms with E-state index in [0.717, 1.165) is 30.3 Å². The Morgan fingerprint density at radius 2 is 1.77 bits per heavy atom. The Morgan fingerprint density at radius 3 is 2.45 bits per heavy atom. The second-order valence-corrected chi connectivity index (χ2v) is 15.0. The van der Waals surface area contributed by atoms with Crippen LogP contribution in [0.5, 0.6) is 0 Å². The molecule has 40 heavy (non-hydrogen) atoms. The lowest BCUT2D eigenvalue weighted by atomic mass is 9.45. The molecule has 7 nitrogen and oxygen atoms in total. The van der Waals surface area contributed by atoms with Gasteiger partial charge >= 0.3 is 0 Å². The fraction of sp³-hybridized carbons (Fsp3) is 0.788. The van der Waals surface area contributed by atoms with Crippen LogP contribution in [-0.2, 0) is 28.6 Å². The molecule has 220 valence electrons. The number of aldehydes is 1. The zero-order valence-electron chi connectivity index (χ0n) is 25.2. The standard InChI is InChI=1S/C33H46O7/c1-17(2)8-9-21-27-20(11-12-30(4,5)38-27)25(35)24-26(36)22-14-19-15-23-31(6,7)40-32(29(19)37,13-10-18(3)16-34)33(22,23)39-28(21)24/h16-19,22-25,35H,8-15H2,1-7H3. The molecule has 7 aliphatic rings. The fourth-order valence-corrected chi connectivity index (χ4v) is 9.03. The van der Waals surface area contributed by atoms with Crippen LogP contribution in [0.4, 0.5) is 0 Å². The summed E-state index contributed by atoms with van der Waals surface area (Å²) in [6.07, 6.45) is 4.79. The highest BCUT2D eigenvalue weighted by molar-refractivity contribution is 6.00. The molecule has 4 aliphatic carbocycles. The van der Waals surface area contributed by atoms with Gasteiger partial charge in [0.25, 0.3) is 0 Å². The van der Waals surface area contributed by atoms with E-state index in [4.69, 9.17) is 14.2 Å². The number of aliphatic hydroxyl groups is 1. The zero-order valence-corrected chi connectivity index (χ0v) is 25.2. The van der Waals surface area contributed by atoms with Crippen molar-refractivity contribution in [2.75, 3.05) is 0 Å². The van der Waals surface area contributed by atoms with Gasteiger partial charge in [0.2, 0.25) is 0 Å². The zero-order chi connectivity index (χ0) is 29.0. The summed E-state index contributed by atoms with van der Waals surface area (Å²) in [5.41, 5.74) is -1.84. The Bertz CT molecular complexity index is 1210. The van der Waals surface area contributed by atoms with E-state index in [9.17, 15) is 19.5 Å². The fourth-order valence-electron chi connectivity index (χ4n) is 9.03.